The van der Waals surface area contributed by atoms with Crippen LogP contribution in [-0.2, 0) is 9.59 Å². The molecule has 0 saturated carbocycles. The third kappa shape index (κ3) is 10.3. The summed E-state index contributed by atoms with van der Waals surface area (Å²) in [7, 11) is 0. The molecule has 0 radical (unpaired) electrons. The highest BCUT2D eigenvalue weighted by atomic mass is 16.6. The maximum Gasteiger partial charge on any atom is 0.344 e. The number of para-hydroxylation sites is 6. The number of hydrogen-bond acceptors (Lipinski definition) is 6. The van der Waals surface area contributed by atoms with Crippen LogP contribution in [0, 0.1) is 0 Å². The van der Waals surface area contributed by atoms with Crippen molar-refractivity contribution < 1.29 is 38.7 Å². The van der Waals surface area contributed by atoms with E-state index in [0.29, 0.717) is 47.3 Å². The molecule has 2 N–H and O–H groups in total. The lowest BCUT2D eigenvalue weighted by molar-refractivity contribution is -0.146. The SMILES string of the molecule is CCCCCCC(Oc1ccccc1Oc1ccccc1Oc1ccccc1OC(CCCCCC)C(=O)O)C(=O)O. The summed E-state index contributed by atoms with van der Waals surface area (Å²) in [5.74, 6) is 0.00261. The molecule has 0 fully saturated rings. The van der Waals surface area contributed by atoms with Crippen LogP contribution in [0.4, 0.5) is 0 Å². The molecule has 3 aromatic carbocycles. The highest BCUT2D eigenvalue weighted by Gasteiger charge is 2.23. The average molecular weight is 579 g/mol. The van der Waals surface area contributed by atoms with Crippen LogP contribution in [0.25, 0.3) is 0 Å². The smallest absolute Gasteiger partial charge is 0.344 e. The molecule has 0 bridgehead atoms. The Bertz CT molecular complexity index is 1160. The van der Waals surface area contributed by atoms with E-state index in [1.54, 1.807) is 72.8 Å². The summed E-state index contributed by atoms with van der Waals surface area (Å²) in [4.78, 5) is 23.8. The van der Waals surface area contributed by atoms with Gasteiger partial charge >= 0.3 is 11.9 Å². The molecule has 2 unspecified atom stereocenters. The molecule has 0 saturated heterocycles. The van der Waals surface area contributed by atoms with Crippen molar-refractivity contribution in [2.24, 2.45) is 0 Å². The first kappa shape index (κ1) is 32.3. The molecule has 0 aromatic heterocycles. The van der Waals surface area contributed by atoms with E-state index < -0.39 is 24.1 Å². The molecule has 0 aliphatic rings. The third-order valence-electron chi connectivity index (χ3n) is 6.72. The standard InChI is InChI=1S/C34H42O8/c1-3-5-7-9-23-31(33(35)36)41-29-21-15-13-19-27(29)39-25-17-11-12-18-26(25)40-28-20-14-16-22-30(28)42-32(34(37)38)24-10-8-6-4-2/h11-22,31-32H,3-10,23-24H2,1-2H3,(H,35,36)(H,37,38). The van der Waals surface area contributed by atoms with Crippen LogP contribution < -0.4 is 18.9 Å². The van der Waals surface area contributed by atoms with Gasteiger partial charge in [0.1, 0.15) is 0 Å². The van der Waals surface area contributed by atoms with Crippen molar-refractivity contribution >= 4 is 11.9 Å². The average Bonchev–Trinajstić information content (AvgIpc) is 2.98. The minimum atomic E-state index is -1.02. The van der Waals surface area contributed by atoms with E-state index in [-0.39, 0.29) is 0 Å². The summed E-state index contributed by atoms with van der Waals surface area (Å²) >= 11 is 0. The van der Waals surface area contributed by atoms with Crippen molar-refractivity contribution in [1.82, 2.24) is 0 Å². The molecule has 2 atom stereocenters. The number of hydrogen-bond donors (Lipinski definition) is 2. The molecular formula is C34H42O8. The number of aliphatic carboxylic acids is 2. The zero-order chi connectivity index (χ0) is 30.2. The van der Waals surface area contributed by atoms with Gasteiger partial charge in [0.15, 0.2) is 46.7 Å². The Labute approximate surface area is 248 Å². The van der Waals surface area contributed by atoms with Gasteiger partial charge in [-0.3, -0.25) is 0 Å². The third-order valence-corrected chi connectivity index (χ3v) is 6.72. The number of carboxylic acid groups (broad SMARTS) is 2. The van der Waals surface area contributed by atoms with Gasteiger partial charge in [-0.15, -0.1) is 0 Å². The molecule has 226 valence electrons. The van der Waals surface area contributed by atoms with Crippen LogP contribution in [0.15, 0.2) is 72.8 Å². The lowest BCUT2D eigenvalue weighted by Gasteiger charge is -2.20. The van der Waals surface area contributed by atoms with Gasteiger partial charge < -0.3 is 29.2 Å². The monoisotopic (exact) mass is 578 g/mol. The highest BCUT2D eigenvalue weighted by molar-refractivity contribution is 5.73. The summed E-state index contributed by atoms with van der Waals surface area (Å²) in [5.41, 5.74) is 0. The van der Waals surface area contributed by atoms with Crippen LogP contribution in [0.2, 0.25) is 0 Å². The van der Waals surface area contributed by atoms with Crippen LogP contribution in [0.3, 0.4) is 0 Å². The van der Waals surface area contributed by atoms with E-state index >= 15 is 0 Å². The second-order valence-corrected chi connectivity index (χ2v) is 10.1. The van der Waals surface area contributed by atoms with E-state index in [0.717, 1.165) is 51.4 Å². The van der Waals surface area contributed by atoms with Crippen LogP contribution >= 0.6 is 0 Å². The van der Waals surface area contributed by atoms with Crippen LogP contribution in [0.1, 0.15) is 78.1 Å². The van der Waals surface area contributed by atoms with Gasteiger partial charge in [-0.2, -0.15) is 0 Å². The molecule has 3 rings (SSSR count). The predicted octanol–water partition coefficient (Wildman–Crippen LogP) is 8.88. The Morgan fingerprint density at radius 2 is 0.833 bits per heavy atom. The minimum Gasteiger partial charge on any atom is -0.479 e. The van der Waals surface area contributed by atoms with Crippen molar-refractivity contribution in [3.05, 3.63) is 72.8 Å². The van der Waals surface area contributed by atoms with Gasteiger partial charge in [0.25, 0.3) is 0 Å². The number of carbonyl (C=O) groups is 2. The molecule has 0 aliphatic heterocycles. The van der Waals surface area contributed by atoms with Gasteiger partial charge in [0, 0.05) is 0 Å². The number of ether oxygens (including phenoxy) is 4. The Morgan fingerprint density at radius 1 is 0.524 bits per heavy atom. The first-order valence-corrected chi connectivity index (χ1v) is 14.8. The number of rotatable bonds is 20. The van der Waals surface area contributed by atoms with Gasteiger partial charge in [0.05, 0.1) is 0 Å². The van der Waals surface area contributed by atoms with Crippen LogP contribution in [-0.4, -0.2) is 34.4 Å². The van der Waals surface area contributed by atoms with Crippen molar-refractivity contribution in [3.63, 3.8) is 0 Å². The highest BCUT2D eigenvalue weighted by Crippen LogP contribution is 2.41. The van der Waals surface area contributed by atoms with E-state index in [2.05, 4.69) is 13.8 Å². The van der Waals surface area contributed by atoms with E-state index in [9.17, 15) is 19.8 Å². The van der Waals surface area contributed by atoms with Crippen molar-refractivity contribution in [1.29, 1.82) is 0 Å². The zero-order valence-corrected chi connectivity index (χ0v) is 24.5. The molecule has 0 heterocycles. The Morgan fingerprint density at radius 3 is 1.14 bits per heavy atom. The number of unbranched alkanes of at least 4 members (excludes halogenated alkanes) is 6. The Kier molecular flexibility index (Phi) is 13.5. The fourth-order valence-corrected chi connectivity index (χ4v) is 4.40. The Balaban J connectivity index is 1.77. The van der Waals surface area contributed by atoms with Gasteiger partial charge in [-0.05, 0) is 62.1 Å². The van der Waals surface area contributed by atoms with Gasteiger partial charge in [-0.1, -0.05) is 88.8 Å². The quantitative estimate of drug-likeness (QED) is 0.128. The maximum atomic E-state index is 11.9. The van der Waals surface area contributed by atoms with Crippen LogP contribution in [0.5, 0.6) is 34.5 Å². The first-order valence-electron chi connectivity index (χ1n) is 14.8. The summed E-state index contributed by atoms with van der Waals surface area (Å²) < 4.78 is 24.2. The molecule has 0 aliphatic carbocycles. The van der Waals surface area contributed by atoms with Gasteiger partial charge in [-0.25, -0.2) is 9.59 Å². The zero-order valence-electron chi connectivity index (χ0n) is 24.5. The Hall–Kier alpha value is -4.20. The van der Waals surface area contributed by atoms with E-state index in [1.165, 1.54) is 0 Å². The molecular weight excluding hydrogens is 536 g/mol. The summed E-state index contributed by atoms with van der Waals surface area (Å²) in [5, 5.41) is 19.5. The largest absolute Gasteiger partial charge is 0.479 e. The molecule has 8 heteroatoms. The summed E-state index contributed by atoms with van der Waals surface area (Å²) in [6, 6.07) is 20.9. The fourth-order valence-electron chi connectivity index (χ4n) is 4.40. The maximum absolute atomic E-state index is 11.9. The fraction of sp³-hybridized carbons (Fsp3) is 0.412. The van der Waals surface area contributed by atoms with Gasteiger partial charge in [0.2, 0.25) is 0 Å². The lowest BCUT2D eigenvalue weighted by atomic mass is 10.1. The second kappa shape index (κ2) is 17.6. The lowest BCUT2D eigenvalue weighted by Crippen LogP contribution is -2.27. The molecule has 0 amide bonds. The summed E-state index contributed by atoms with van der Waals surface area (Å²) in [6.07, 6.45) is 6.44. The topological polar surface area (TPSA) is 112 Å². The molecule has 3 aromatic rings. The van der Waals surface area contributed by atoms with Crippen molar-refractivity contribution in [2.45, 2.75) is 90.3 Å². The van der Waals surface area contributed by atoms with E-state index in [4.69, 9.17) is 18.9 Å². The van der Waals surface area contributed by atoms with Crippen molar-refractivity contribution in [3.8, 4) is 34.5 Å². The van der Waals surface area contributed by atoms with Crippen molar-refractivity contribution in [2.75, 3.05) is 0 Å². The minimum absolute atomic E-state index is 0.311. The second-order valence-electron chi connectivity index (χ2n) is 10.1. The first-order chi connectivity index (χ1) is 20.4. The molecule has 8 nitrogen and oxygen atoms in total. The normalized spacial score (nSPS) is 12.2. The van der Waals surface area contributed by atoms with E-state index in [1.807, 2.05) is 0 Å². The number of carboxylic acids is 2. The number of benzene rings is 3. The molecule has 0 spiro atoms. The predicted molar refractivity (Wildman–Crippen MR) is 161 cm³/mol. The summed E-state index contributed by atoms with van der Waals surface area (Å²) in [6.45, 7) is 4.21. The molecule has 42 heavy (non-hydrogen) atoms.